The number of primary amides is 1. The molecule has 0 saturated carbocycles. The van der Waals surface area contributed by atoms with Gasteiger partial charge in [-0.3, -0.25) is 43.2 Å². The van der Waals surface area contributed by atoms with E-state index in [1.54, 1.807) is 44.2 Å². The van der Waals surface area contributed by atoms with Gasteiger partial charge in [-0.05, 0) is 56.0 Å². The molecule has 0 unspecified atom stereocenters. The number of hydrogen-bond donors (Lipinski definition) is 14. The van der Waals surface area contributed by atoms with Crippen LogP contribution in [0.5, 0.6) is 0 Å². The molecule has 0 aliphatic carbocycles. The minimum Gasteiger partial charge on any atom is -0.481 e. The zero-order valence-corrected chi connectivity index (χ0v) is 40.7. The fourth-order valence-electron chi connectivity index (χ4n) is 6.99. The molecule has 10 atom stereocenters. The summed E-state index contributed by atoms with van der Waals surface area (Å²) in [5, 5.41) is 36.8. The fraction of sp³-hybridized carbons (Fsp3) is 0.587. The number of aliphatic carboxylic acids is 2. The number of nitrogens with two attached hydrogens (primary N) is 4. The lowest BCUT2D eigenvalue weighted by molar-refractivity contribution is -0.142. The number of hydrogen-bond acceptors (Lipinski definition) is 14. The van der Waals surface area contributed by atoms with Crippen LogP contribution in [0.4, 0.5) is 0 Å². The topological polar surface area (TPSA) is 428 Å². The van der Waals surface area contributed by atoms with Gasteiger partial charge in [0.1, 0.15) is 36.3 Å². The molecule has 2 rings (SSSR count). The number of carbonyl (C=O) groups is 10. The summed E-state index contributed by atoms with van der Waals surface area (Å²) in [4.78, 5) is 137. The van der Waals surface area contributed by atoms with E-state index in [-0.39, 0.29) is 63.5 Å². The average Bonchev–Trinajstić information content (AvgIpc) is 3.85. The Morgan fingerprint density at radius 3 is 1.59 bits per heavy atom. The SMILES string of the molecule is CC[C@H](C)[C@H](N)C(=O)N[C@@H](CCCCNC(=O)[C@H](CC(N)=O)NC(=O)[C@@H](CC(=O)O)NC(=O)[C@H](Cc1cnc[nH]1)NC(=O)[C@@H](Cc1ccccc1)NC(=O)[C@@H](N)[C@@H](C)CC)C(=O)N[C@H](CCCN)C(=O)O. The second-order valence-corrected chi connectivity index (χ2v) is 17.5. The Kier molecular flexibility index (Phi) is 26.5. The predicted molar refractivity (Wildman–Crippen MR) is 258 cm³/mol. The van der Waals surface area contributed by atoms with Gasteiger partial charge in [0.15, 0.2) is 0 Å². The van der Waals surface area contributed by atoms with E-state index >= 15 is 0 Å². The fourth-order valence-corrected chi connectivity index (χ4v) is 6.99. The lowest BCUT2D eigenvalue weighted by Crippen LogP contribution is -2.60. The van der Waals surface area contributed by atoms with Gasteiger partial charge in [0.25, 0.3) is 0 Å². The molecular weight excluding hydrogens is 927 g/mol. The van der Waals surface area contributed by atoms with Crippen LogP contribution in [-0.2, 0) is 60.8 Å². The third-order valence-corrected chi connectivity index (χ3v) is 11.9. The van der Waals surface area contributed by atoms with Gasteiger partial charge in [-0.2, -0.15) is 0 Å². The van der Waals surface area contributed by atoms with Crippen LogP contribution >= 0.6 is 0 Å². The number of carboxylic acid groups (broad SMARTS) is 2. The van der Waals surface area contributed by atoms with Crippen molar-refractivity contribution in [3.63, 3.8) is 0 Å². The van der Waals surface area contributed by atoms with Crippen LogP contribution in [0, 0.1) is 11.8 Å². The number of H-pyrrole nitrogens is 1. The Hall–Kier alpha value is -6.99. The number of amides is 8. The van der Waals surface area contributed by atoms with Crippen molar-refractivity contribution < 1.29 is 58.2 Å². The molecule has 18 N–H and O–H groups in total. The van der Waals surface area contributed by atoms with Crippen LogP contribution in [0.3, 0.4) is 0 Å². The number of carbonyl (C=O) groups excluding carboxylic acids is 8. The van der Waals surface area contributed by atoms with Crippen molar-refractivity contribution in [3.8, 4) is 0 Å². The van der Waals surface area contributed by atoms with E-state index in [2.05, 4.69) is 47.2 Å². The van der Waals surface area contributed by atoms with Crippen LogP contribution in [-0.4, -0.2) is 141 Å². The van der Waals surface area contributed by atoms with Crippen molar-refractivity contribution in [2.45, 2.75) is 147 Å². The van der Waals surface area contributed by atoms with Gasteiger partial charge < -0.3 is 75.3 Å². The molecule has 1 heterocycles. The molecule has 25 nitrogen and oxygen atoms in total. The zero-order chi connectivity index (χ0) is 53.2. The molecule has 0 spiro atoms. The quantitative estimate of drug-likeness (QED) is 0.0318. The highest BCUT2D eigenvalue weighted by Gasteiger charge is 2.35. The minimum atomic E-state index is -1.87. The standard InChI is InChI=1S/C46H73N13O12/c1-5-25(3)37(49)44(68)54-29(40(64)55-30(46(70)71)16-12-17-47)15-10-11-18-52-39(63)33(21-35(48)60)57-43(67)34(22-36(61)62)58-42(66)32(20-28-23-51-24-53-28)56-41(65)31(19-27-13-8-7-9-14-27)59-45(69)38(50)26(4)6-2/h7-9,13-14,23-26,29-34,37-38H,5-6,10-12,15-22,47,49-50H2,1-4H3,(H2,48,60)(H,51,53)(H,52,63)(H,54,68)(H,55,64)(H,56,65)(H,57,67)(H,58,66)(H,59,69)(H,61,62)(H,70,71)/t25-,26-,29-,30+,31+,32-,33-,34+,37-,38-/m0/s1. The molecule has 0 aliphatic rings. The van der Waals surface area contributed by atoms with Gasteiger partial charge >= 0.3 is 11.9 Å². The molecular formula is C46H73N13O12. The highest BCUT2D eigenvalue weighted by molar-refractivity contribution is 5.98. The first kappa shape index (κ1) is 60.1. The summed E-state index contributed by atoms with van der Waals surface area (Å²) in [7, 11) is 0. The zero-order valence-electron chi connectivity index (χ0n) is 40.7. The van der Waals surface area contributed by atoms with Gasteiger partial charge in [-0.1, -0.05) is 70.9 Å². The third kappa shape index (κ3) is 21.7. The van der Waals surface area contributed by atoms with Crippen molar-refractivity contribution in [2.24, 2.45) is 34.8 Å². The molecule has 2 aromatic rings. The maximum atomic E-state index is 14.0. The van der Waals surface area contributed by atoms with E-state index in [0.717, 1.165) is 0 Å². The maximum Gasteiger partial charge on any atom is 0.326 e. The van der Waals surface area contributed by atoms with Gasteiger partial charge in [0.2, 0.25) is 47.3 Å². The summed E-state index contributed by atoms with van der Waals surface area (Å²) < 4.78 is 0. The lowest BCUT2D eigenvalue weighted by Gasteiger charge is -2.27. The number of imidazole rings is 1. The van der Waals surface area contributed by atoms with Gasteiger partial charge in [0.05, 0.1) is 31.3 Å². The highest BCUT2D eigenvalue weighted by Crippen LogP contribution is 2.12. The number of benzene rings is 1. The number of unbranched alkanes of at least 4 members (excludes halogenated alkanes) is 1. The first-order valence-corrected chi connectivity index (χ1v) is 23.7. The lowest BCUT2D eigenvalue weighted by atomic mass is 9.98. The van der Waals surface area contributed by atoms with Gasteiger partial charge in [0, 0.05) is 31.3 Å². The third-order valence-electron chi connectivity index (χ3n) is 11.9. The van der Waals surface area contributed by atoms with E-state index in [4.69, 9.17) is 22.9 Å². The first-order chi connectivity index (χ1) is 33.6. The first-order valence-electron chi connectivity index (χ1n) is 23.7. The maximum absolute atomic E-state index is 14.0. The monoisotopic (exact) mass is 1000 g/mol. The molecule has 0 saturated heterocycles. The Labute approximate surface area is 412 Å². The number of nitrogens with one attached hydrogen (secondary N) is 8. The molecule has 71 heavy (non-hydrogen) atoms. The van der Waals surface area contributed by atoms with E-state index in [1.807, 2.05) is 13.8 Å². The molecule has 0 bridgehead atoms. The predicted octanol–water partition coefficient (Wildman–Crippen LogP) is -2.69. The molecule has 1 aromatic heterocycles. The number of aromatic amines is 1. The number of carboxylic acids is 2. The van der Waals surface area contributed by atoms with Crippen LogP contribution in [0.15, 0.2) is 42.9 Å². The summed E-state index contributed by atoms with van der Waals surface area (Å²) in [6.45, 7) is 7.30. The van der Waals surface area contributed by atoms with Crippen LogP contribution in [0.1, 0.15) is 96.7 Å². The number of aromatic nitrogens is 2. The van der Waals surface area contributed by atoms with Crippen molar-refractivity contribution >= 4 is 59.2 Å². The molecule has 25 heteroatoms. The molecule has 0 fully saturated rings. The Morgan fingerprint density at radius 2 is 1.08 bits per heavy atom. The van der Waals surface area contributed by atoms with Crippen molar-refractivity contribution in [3.05, 3.63) is 54.1 Å². The summed E-state index contributed by atoms with van der Waals surface area (Å²) in [6, 6.07) is -1.99. The van der Waals surface area contributed by atoms with Gasteiger partial charge in [-0.15, -0.1) is 0 Å². The van der Waals surface area contributed by atoms with E-state index in [9.17, 15) is 58.2 Å². The van der Waals surface area contributed by atoms with E-state index in [0.29, 0.717) is 30.5 Å². The van der Waals surface area contributed by atoms with Gasteiger partial charge in [-0.25, -0.2) is 9.78 Å². The van der Waals surface area contributed by atoms with Crippen molar-refractivity contribution in [2.75, 3.05) is 13.1 Å². The molecule has 8 amide bonds. The van der Waals surface area contributed by atoms with Crippen LogP contribution in [0.2, 0.25) is 0 Å². The number of rotatable bonds is 34. The summed E-state index contributed by atoms with van der Waals surface area (Å²) in [6.07, 6.45) is 2.49. The van der Waals surface area contributed by atoms with Crippen molar-refractivity contribution in [1.29, 1.82) is 0 Å². The van der Waals surface area contributed by atoms with Crippen LogP contribution in [0.25, 0.3) is 0 Å². The number of nitrogens with zero attached hydrogens (tertiary/aromatic N) is 1. The Bertz CT molecular complexity index is 2080. The molecule has 0 radical (unpaired) electrons. The summed E-state index contributed by atoms with van der Waals surface area (Å²) in [5.41, 5.74) is 24.2. The second-order valence-electron chi connectivity index (χ2n) is 17.5. The summed E-state index contributed by atoms with van der Waals surface area (Å²) in [5.74, 6) is -10.3. The molecule has 394 valence electrons. The molecule has 0 aliphatic heterocycles. The van der Waals surface area contributed by atoms with Crippen molar-refractivity contribution in [1.82, 2.24) is 47.2 Å². The summed E-state index contributed by atoms with van der Waals surface area (Å²) >= 11 is 0. The highest BCUT2D eigenvalue weighted by atomic mass is 16.4. The molecule has 1 aromatic carbocycles. The van der Waals surface area contributed by atoms with E-state index < -0.39 is 120 Å². The minimum absolute atomic E-state index is 0.00801. The second kappa shape index (κ2) is 31.3. The van der Waals surface area contributed by atoms with E-state index in [1.165, 1.54) is 12.5 Å². The smallest absolute Gasteiger partial charge is 0.326 e. The largest absolute Gasteiger partial charge is 0.481 e. The normalized spacial score (nSPS) is 15.3. The van der Waals surface area contributed by atoms with Crippen LogP contribution < -0.4 is 60.2 Å². The Balaban J connectivity index is 2.26. The Morgan fingerprint density at radius 1 is 0.606 bits per heavy atom. The average molecular weight is 1000 g/mol.